The molecule has 12 heteroatoms. The van der Waals surface area contributed by atoms with Gasteiger partial charge in [-0.3, -0.25) is 9.78 Å². The summed E-state index contributed by atoms with van der Waals surface area (Å²) in [5.41, 5.74) is 0.777. The molecule has 2 aromatic carbocycles. The number of rotatable bonds is 8. The van der Waals surface area contributed by atoms with Gasteiger partial charge >= 0.3 is 12.0 Å². The van der Waals surface area contributed by atoms with Crippen LogP contribution in [0.15, 0.2) is 54.7 Å². The van der Waals surface area contributed by atoms with Gasteiger partial charge in [0.25, 0.3) is 0 Å². The van der Waals surface area contributed by atoms with Crippen molar-refractivity contribution in [2.24, 2.45) is 0 Å². The molecule has 0 saturated carbocycles. The van der Waals surface area contributed by atoms with E-state index in [2.05, 4.69) is 26.7 Å². The summed E-state index contributed by atoms with van der Waals surface area (Å²) in [7, 11) is 5.17. The average molecular weight is 633 g/mol. The number of hydrogen-bond acceptors (Lipinski definition) is 9. The Balaban J connectivity index is 1.38. The van der Waals surface area contributed by atoms with Gasteiger partial charge in [-0.15, -0.1) is 0 Å². The van der Waals surface area contributed by atoms with Crippen LogP contribution in [0.2, 0.25) is 5.02 Å². The lowest BCUT2D eigenvalue weighted by Gasteiger charge is -2.27. The Morgan fingerprint density at radius 3 is 2.69 bits per heavy atom. The lowest BCUT2D eigenvalue weighted by molar-refractivity contribution is -0.135. The van der Waals surface area contributed by atoms with Crippen LogP contribution < -0.4 is 9.64 Å². The molecule has 1 amide bonds. The van der Waals surface area contributed by atoms with Crippen LogP contribution >= 0.6 is 11.6 Å². The molecule has 0 aliphatic carbocycles. The van der Waals surface area contributed by atoms with Crippen molar-refractivity contribution in [1.29, 1.82) is 0 Å². The smallest absolute Gasteiger partial charge is 0.330 e. The van der Waals surface area contributed by atoms with Crippen molar-refractivity contribution in [2.45, 2.75) is 31.3 Å². The van der Waals surface area contributed by atoms with E-state index in [1.54, 1.807) is 23.2 Å². The number of amides is 1. The quantitative estimate of drug-likeness (QED) is 0.199. The molecule has 2 aliphatic rings. The van der Waals surface area contributed by atoms with Gasteiger partial charge in [0.05, 0.1) is 12.5 Å². The number of likely N-dealkylation sites (N-methyl/N-ethyl adjacent to an activating group) is 2. The van der Waals surface area contributed by atoms with Crippen LogP contribution in [0.3, 0.4) is 0 Å². The highest BCUT2D eigenvalue weighted by atomic mass is 35.5. The SMILES string of the molecule is COC(=O)/C=C/C(=O)N1CC[C@H](N(C)c2nc(OC[C@@H]3CCCN3C)nc3c(F)c(-c4cccc5cccc(Cl)c45)ncc23)C1. The second kappa shape index (κ2) is 12.9. The lowest BCUT2D eigenvalue weighted by atomic mass is 10.0. The number of benzene rings is 2. The summed E-state index contributed by atoms with van der Waals surface area (Å²) in [5.74, 6) is -1.04. The predicted octanol–water partition coefficient (Wildman–Crippen LogP) is 4.88. The molecule has 0 N–H and O–H groups in total. The van der Waals surface area contributed by atoms with Crippen molar-refractivity contribution in [3.63, 3.8) is 0 Å². The molecule has 2 atom stereocenters. The Morgan fingerprint density at radius 2 is 1.93 bits per heavy atom. The molecular formula is C33H34ClFN6O4. The summed E-state index contributed by atoms with van der Waals surface area (Å²) >= 11 is 6.58. The van der Waals surface area contributed by atoms with Gasteiger partial charge < -0.3 is 24.2 Å². The van der Waals surface area contributed by atoms with Gasteiger partial charge in [-0.25, -0.2) is 9.18 Å². The van der Waals surface area contributed by atoms with E-state index in [1.807, 2.05) is 36.2 Å². The number of ether oxygens (including phenoxy) is 2. The topological polar surface area (TPSA) is 101 Å². The molecule has 0 spiro atoms. The Hall–Kier alpha value is -4.35. The first kappa shape index (κ1) is 30.7. The van der Waals surface area contributed by atoms with E-state index in [1.165, 1.54) is 13.2 Å². The number of anilines is 1. The molecule has 45 heavy (non-hydrogen) atoms. The van der Waals surface area contributed by atoms with E-state index in [-0.39, 0.29) is 35.2 Å². The fraction of sp³-hybridized carbons (Fsp3) is 0.364. The molecule has 6 rings (SSSR count). The zero-order valence-electron chi connectivity index (χ0n) is 25.4. The maximum atomic E-state index is 16.6. The number of carbonyl (C=O) groups is 2. The highest BCUT2D eigenvalue weighted by molar-refractivity contribution is 6.36. The number of fused-ring (bicyclic) bond motifs is 2. The third kappa shape index (κ3) is 6.14. The molecule has 4 aromatic rings. The van der Waals surface area contributed by atoms with Gasteiger partial charge in [0.1, 0.15) is 23.6 Å². The molecule has 2 saturated heterocycles. The van der Waals surface area contributed by atoms with E-state index < -0.39 is 11.8 Å². The number of carbonyl (C=O) groups excluding carboxylic acids is 2. The number of pyridine rings is 1. The van der Waals surface area contributed by atoms with E-state index in [0.717, 1.165) is 30.8 Å². The molecule has 0 unspecified atom stereocenters. The summed E-state index contributed by atoms with van der Waals surface area (Å²) in [6.07, 6.45) is 6.63. The number of esters is 1. The minimum atomic E-state index is -0.601. The third-order valence-corrected chi connectivity index (χ3v) is 9.06. The number of nitrogens with zero attached hydrogens (tertiary/aromatic N) is 6. The van der Waals surface area contributed by atoms with E-state index >= 15 is 4.39 Å². The lowest BCUT2D eigenvalue weighted by Crippen LogP contribution is -2.37. The summed E-state index contributed by atoms with van der Waals surface area (Å²) in [6.45, 7) is 2.24. The van der Waals surface area contributed by atoms with Crippen molar-refractivity contribution in [3.05, 3.63) is 65.6 Å². The minimum Gasteiger partial charge on any atom is -0.466 e. The van der Waals surface area contributed by atoms with Gasteiger partial charge in [0, 0.05) is 66.5 Å². The van der Waals surface area contributed by atoms with Crippen LogP contribution in [0.25, 0.3) is 32.9 Å². The van der Waals surface area contributed by atoms with Crippen molar-refractivity contribution in [3.8, 4) is 17.3 Å². The zero-order chi connectivity index (χ0) is 31.7. The largest absolute Gasteiger partial charge is 0.466 e. The fourth-order valence-electron chi connectivity index (χ4n) is 6.14. The number of aromatic nitrogens is 3. The molecule has 2 aromatic heterocycles. The average Bonchev–Trinajstić information content (AvgIpc) is 3.71. The summed E-state index contributed by atoms with van der Waals surface area (Å²) in [6, 6.07) is 11.3. The molecule has 4 heterocycles. The molecule has 2 fully saturated rings. The molecule has 10 nitrogen and oxygen atoms in total. The molecular weight excluding hydrogens is 599 g/mol. The summed E-state index contributed by atoms with van der Waals surface area (Å²) in [5, 5.41) is 2.50. The normalized spacial score (nSPS) is 18.7. The van der Waals surface area contributed by atoms with Gasteiger partial charge in [-0.05, 0) is 44.3 Å². The summed E-state index contributed by atoms with van der Waals surface area (Å²) in [4.78, 5) is 43.9. The van der Waals surface area contributed by atoms with Crippen LogP contribution in [0.4, 0.5) is 10.2 Å². The van der Waals surface area contributed by atoms with Crippen molar-refractivity contribution in [1.82, 2.24) is 24.8 Å². The maximum Gasteiger partial charge on any atom is 0.330 e. The second-order valence-corrected chi connectivity index (χ2v) is 11.8. The van der Waals surface area contributed by atoms with Crippen molar-refractivity contribution >= 4 is 51.0 Å². The van der Waals surface area contributed by atoms with Crippen molar-refractivity contribution in [2.75, 3.05) is 52.3 Å². The van der Waals surface area contributed by atoms with Gasteiger partial charge in [0.2, 0.25) is 5.91 Å². The first-order valence-electron chi connectivity index (χ1n) is 14.9. The molecule has 234 valence electrons. The fourth-order valence-corrected chi connectivity index (χ4v) is 6.42. The zero-order valence-corrected chi connectivity index (χ0v) is 26.1. The number of methoxy groups -OCH3 is 1. The standard InChI is InChI=1S/C33H34ClFN6O4/c1-39-15-6-9-22(39)19-45-33-37-31-24(17-36-30(29(31)35)23-10-4-7-20-8-5-11-25(34)28(20)23)32(38-33)40(2)21-14-16-41(18-21)26(42)12-13-27(43)44-3/h4-5,7-8,10-13,17,21-22H,6,9,14-16,18-19H2,1-3H3/b13-12+/t21-,22-/m0/s1. The van der Waals surface area contributed by atoms with E-state index in [9.17, 15) is 9.59 Å². The van der Waals surface area contributed by atoms with E-state index in [0.29, 0.717) is 53.3 Å². The van der Waals surface area contributed by atoms with Gasteiger partial charge in [-0.1, -0.05) is 41.9 Å². The molecule has 2 aliphatic heterocycles. The van der Waals surface area contributed by atoms with Crippen LogP contribution in [0.1, 0.15) is 19.3 Å². The number of halogens is 2. The molecule has 0 radical (unpaired) electrons. The highest BCUT2D eigenvalue weighted by Gasteiger charge is 2.31. The van der Waals surface area contributed by atoms with Crippen molar-refractivity contribution < 1.29 is 23.5 Å². The number of likely N-dealkylation sites (tertiary alicyclic amines) is 2. The first-order valence-corrected chi connectivity index (χ1v) is 15.3. The highest BCUT2D eigenvalue weighted by Crippen LogP contribution is 2.37. The Kier molecular flexibility index (Phi) is 8.82. The third-order valence-electron chi connectivity index (χ3n) is 8.75. The maximum absolute atomic E-state index is 16.6. The van der Waals surface area contributed by atoms with Crippen LogP contribution in [-0.2, 0) is 14.3 Å². The van der Waals surface area contributed by atoms with E-state index in [4.69, 9.17) is 21.3 Å². The minimum absolute atomic E-state index is 0.0728. The van der Waals surface area contributed by atoms with Gasteiger partial charge in [0.15, 0.2) is 5.82 Å². The molecule has 0 bridgehead atoms. The Labute approximate surface area is 265 Å². The van der Waals surface area contributed by atoms with Crippen LogP contribution in [0.5, 0.6) is 6.01 Å². The first-order chi connectivity index (χ1) is 21.7. The van der Waals surface area contributed by atoms with Crippen LogP contribution in [0, 0.1) is 5.82 Å². The Morgan fingerprint density at radius 1 is 1.13 bits per heavy atom. The van der Waals surface area contributed by atoms with Crippen LogP contribution in [-0.4, -0.2) is 96.2 Å². The second-order valence-electron chi connectivity index (χ2n) is 11.4. The van der Waals surface area contributed by atoms with Gasteiger partial charge in [-0.2, -0.15) is 9.97 Å². The summed E-state index contributed by atoms with van der Waals surface area (Å²) < 4.78 is 27.3. The number of hydrogen-bond donors (Lipinski definition) is 0. The monoisotopic (exact) mass is 632 g/mol. The predicted molar refractivity (Wildman–Crippen MR) is 171 cm³/mol. The Bertz CT molecular complexity index is 1800.